The maximum absolute atomic E-state index is 12.4. The minimum Gasteiger partial charge on any atom is -0.360 e. The second kappa shape index (κ2) is 6.79. The number of anilines is 1. The number of aromatic nitrogens is 1. The highest BCUT2D eigenvalue weighted by atomic mass is 32.1. The van der Waals surface area contributed by atoms with Gasteiger partial charge < -0.3 is 15.1 Å². The van der Waals surface area contributed by atoms with Crippen LogP contribution < -0.4 is 10.2 Å². The van der Waals surface area contributed by atoms with Gasteiger partial charge in [-0.05, 0) is 42.1 Å². The SMILES string of the molecule is C[C@@H](NC(=O)N1CCN(c2cccs2)CC1)c1ccncc1. The van der Waals surface area contributed by atoms with Crippen LogP contribution in [0.2, 0.25) is 0 Å². The quantitative estimate of drug-likeness (QED) is 0.947. The zero-order valence-corrected chi connectivity index (χ0v) is 13.4. The van der Waals surface area contributed by atoms with E-state index in [0.717, 1.165) is 31.7 Å². The molecule has 5 nitrogen and oxygen atoms in total. The molecular weight excluding hydrogens is 296 g/mol. The molecule has 0 radical (unpaired) electrons. The molecule has 6 heteroatoms. The average Bonchev–Trinajstić information content (AvgIpc) is 3.10. The Kier molecular flexibility index (Phi) is 4.58. The number of carbonyl (C=O) groups is 1. The Morgan fingerprint density at radius 3 is 2.59 bits per heavy atom. The molecule has 3 rings (SSSR count). The lowest BCUT2D eigenvalue weighted by molar-refractivity contribution is 0.191. The van der Waals surface area contributed by atoms with Crippen molar-refractivity contribution < 1.29 is 4.79 Å². The van der Waals surface area contributed by atoms with Gasteiger partial charge in [0.1, 0.15) is 0 Å². The fraction of sp³-hybridized carbons (Fsp3) is 0.375. The van der Waals surface area contributed by atoms with Crippen LogP contribution in [-0.2, 0) is 0 Å². The van der Waals surface area contributed by atoms with E-state index in [0.29, 0.717) is 0 Å². The number of pyridine rings is 1. The van der Waals surface area contributed by atoms with Crippen molar-refractivity contribution in [2.45, 2.75) is 13.0 Å². The van der Waals surface area contributed by atoms with E-state index in [4.69, 9.17) is 0 Å². The standard InChI is InChI=1S/C16H20N4OS/c1-13(14-4-6-17-7-5-14)18-16(21)20-10-8-19(9-11-20)15-3-2-12-22-15/h2-7,12-13H,8-11H2,1H3,(H,18,21)/t13-/m1/s1. The summed E-state index contributed by atoms with van der Waals surface area (Å²) in [5.41, 5.74) is 1.07. The van der Waals surface area contributed by atoms with Gasteiger partial charge in [-0.3, -0.25) is 4.98 Å². The summed E-state index contributed by atoms with van der Waals surface area (Å²) in [5, 5.41) is 6.43. The third-order valence-electron chi connectivity index (χ3n) is 3.93. The molecule has 1 fully saturated rings. The number of carbonyl (C=O) groups excluding carboxylic acids is 1. The monoisotopic (exact) mass is 316 g/mol. The van der Waals surface area contributed by atoms with E-state index in [1.165, 1.54) is 5.00 Å². The zero-order chi connectivity index (χ0) is 15.4. The summed E-state index contributed by atoms with van der Waals surface area (Å²) in [4.78, 5) is 20.6. The summed E-state index contributed by atoms with van der Waals surface area (Å²) in [6.45, 7) is 5.28. The van der Waals surface area contributed by atoms with Gasteiger partial charge in [0.05, 0.1) is 11.0 Å². The number of piperazine rings is 1. The van der Waals surface area contributed by atoms with Crippen LogP contribution in [0.1, 0.15) is 18.5 Å². The van der Waals surface area contributed by atoms with E-state index in [2.05, 4.69) is 32.7 Å². The van der Waals surface area contributed by atoms with Crippen LogP contribution in [0.25, 0.3) is 0 Å². The molecule has 1 atom stereocenters. The van der Waals surface area contributed by atoms with E-state index in [-0.39, 0.29) is 12.1 Å². The van der Waals surface area contributed by atoms with Crippen molar-refractivity contribution in [3.05, 3.63) is 47.6 Å². The van der Waals surface area contributed by atoms with Crippen LogP contribution in [0, 0.1) is 0 Å². The molecule has 0 bridgehead atoms. The fourth-order valence-electron chi connectivity index (χ4n) is 2.59. The van der Waals surface area contributed by atoms with E-state index < -0.39 is 0 Å². The molecule has 2 amide bonds. The Bertz CT molecular complexity index is 594. The molecule has 0 aliphatic carbocycles. The number of nitrogens with zero attached hydrogens (tertiary/aromatic N) is 3. The third kappa shape index (κ3) is 3.39. The van der Waals surface area contributed by atoms with Crippen molar-refractivity contribution in [2.75, 3.05) is 31.1 Å². The van der Waals surface area contributed by atoms with E-state index in [9.17, 15) is 4.79 Å². The van der Waals surface area contributed by atoms with E-state index in [1.807, 2.05) is 24.0 Å². The number of amides is 2. The van der Waals surface area contributed by atoms with Crippen LogP contribution >= 0.6 is 11.3 Å². The second-order valence-electron chi connectivity index (χ2n) is 5.38. The van der Waals surface area contributed by atoms with Gasteiger partial charge in [-0.25, -0.2) is 4.79 Å². The first kappa shape index (κ1) is 14.8. The molecule has 0 aromatic carbocycles. The Morgan fingerprint density at radius 1 is 1.23 bits per heavy atom. The van der Waals surface area contributed by atoms with Crippen molar-refractivity contribution in [3.63, 3.8) is 0 Å². The molecule has 1 saturated heterocycles. The van der Waals surface area contributed by atoms with Crippen LogP contribution in [0.3, 0.4) is 0 Å². The molecule has 3 heterocycles. The topological polar surface area (TPSA) is 48.5 Å². The molecule has 116 valence electrons. The molecule has 1 N–H and O–H groups in total. The average molecular weight is 316 g/mol. The molecular formula is C16H20N4OS. The van der Waals surface area contributed by atoms with Crippen molar-refractivity contribution in [2.24, 2.45) is 0 Å². The number of thiophene rings is 1. The highest BCUT2D eigenvalue weighted by Gasteiger charge is 2.22. The third-order valence-corrected chi connectivity index (χ3v) is 4.86. The maximum Gasteiger partial charge on any atom is 0.317 e. The Labute approximate surface area is 134 Å². The van der Waals surface area contributed by atoms with Gasteiger partial charge in [0.25, 0.3) is 0 Å². The van der Waals surface area contributed by atoms with Crippen molar-refractivity contribution in [1.82, 2.24) is 15.2 Å². The second-order valence-corrected chi connectivity index (χ2v) is 6.30. The lowest BCUT2D eigenvalue weighted by Crippen LogP contribution is -2.52. The number of nitrogens with one attached hydrogen (secondary N) is 1. The fourth-order valence-corrected chi connectivity index (χ4v) is 3.38. The van der Waals surface area contributed by atoms with Crippen LogP contribution in [0.4, 0.5) is 9.80 Å². The molecule has 1 aliphatic heterocycles. The van der Waals surface area contributed by atoms with Gasteiger partial charge in [-0.15, -0.1) is 11.3 Å². The predicted molar refractivity (Wildman–Crippen MR) is 89.3 cm³/mol. The highest BCUT2D eigenvalue weighted by molar-refractivity contribution is 7.14. The molecule has 22 heavy (non-hydrogen) atoms. The number of rotatable bonds is 3. The molecule has 0 saturated carbocycles. The van der Waals surface area contributed by atoms with Crippen molar-refractivity contribution in [1.29, 1.82) is 0 Å². The lowest BCUT2D eigenvalue weighted by Gasteiger charge is -2.35. The number of urea groups is 1. The summed E-state index contributed by atoms with van der Waals surface area (Å²) in [6.07, 6.45) is 3.50. The van der Waals surface area contributed by atoms with Crippen molar-refractivity contribution in [3.8, 4) is 0 Å². The van der Waals surface area contributed by atoms with E-state index in [1.54, 1.807) is 23.7 Å². The van der Waals surface area contributed by atoms with Crippen molar-refractivity contribution >= 4 is 22.4 Å². The Morgan fingerprint density at radius 2 is 1.95 bits per heavy atom. The zero-order valence-electron chi connectivity index (χ0n) is 12.6. The van der Waals surface area contributed by atoms with Crippen LogP contribution in [-0.4, -0.2) is 42.1 Å². The van der Waals surface area contributed by atoms with Gasteiger partial charge in [-0.1, -0.05) is 0 Å². The highest BCUT2D eigenvalue weighted by Crippen LogP contribution is 2.22. The molecule has 2 aromatic heterocycles. The molecule has 0 unspecified atom stereocenters. The van der Waals surface area contributed by atoms with Gasteiger partial charge in [-0.2, -0.15) is 0 Å². The molecule has 0 spiro atoms. The molecule has 1 aliphatic rings. The van der Waals surface area contributed by atoms with Gasteiger partial charge in [0.15, 0.2) is 0 Å². The van der Waals surface area contributed by atoms with Crippen LogP contribution in [0.15, 0.2) is 42.0 Å². The first-order valence-corrected chi connectivity index (χ1v) is 8.36. The summed E-state index contributed by atoms with van der Waals surface area (Å²) < 4.78 is 0. The largest absolute Gasteiger partial charge is 0.360 e. The predicted octanol–water partition coefficient (Wildman–Crippen LogP) is 2.74. The first-order valence-electron chi connectivity index (χ1n) is 7.48. The van der Waals surface area contributed by atoms with Crippen LogP contribution in [0.5, 0.6) is 0 Å². The Hall–Kier alpha value is -2.08. The smallest absolute Gasteiger partial charge is 0.317 e. The summed E-state index contributed by atoms with van der Waals surface area (Å²) in [5.74, 6) is 0. The van der Waals surface area contributed by atoms with Gasteiger partial charge >= 0.3 is 6.03 Å². The lowest BCUT2D eigenvalue weighted by atomic mass is 10.1. The minimum atomic E-state index is -0.00849. The Balaban J connectivity index is 1.52. The summed E-state index contributed by atoms with van der Waals surface area (Å²) in [6, 6.07) is 8.06. The number of hydrogen-bond donors (Lipinski definition) is 1. The normalized spacial score (nSPS) is 16.4. The minimum absolute atomic E-state index is 0.00849. The number of hydrogen-bond acceptors (Lipinski definition) is 4. The first-order chi connectivity index (χ1) is 10.7. The molecule has 2 aromatic rings. The maximum atomic E-state index is 12.4. The van der Waals surface area contributed by atoms with E-state index >= 15 is 0 Å². The van der Waals surface area contributed by atoms with Gasteiger partial charge in [0, 0.05) is 38.6 Å². The van der Waals surface area contributed by atoms with Gasteiger partial charge in [0.2, 0.25) is 0 Å². The summed E-state index contributed by atoms with van der Waals surface area (Å²) in [7, 11) is 0. The summed E-state index contributed by atoms with van der Waals surface area (Å²) >= 11 is 1.75.